The highest BCUT2D eigenvalue weighted by Crippen LogP contribution is 2.21. The Bertz CT molecular complexity index is 264. The molecule has 7 heteroatoms. The molecule has 0 rings (SSSR count). The topological polar surface area (TPSA) is 30.9 Å². The molecule has 0 unspecified atom stereocenters. The summed E-state index contributed by atoms with van der Waals surface area (Å²) in [5.74, 6) is 0. The zero-order valence-corrected chi connectivity index (χ0v) is 18.7. The van der Waals surface area contributed by atoms with Crippen LogP contribution >= 0.6 is 0 Å². The van der Waals surface area contributed by atoms with Gasteiger partial charge in [-0.15, -0.1) is 0 Å². The Labute approximate surface area is 135 Å². The molecule has 0 radical (unpaired) electrons. The van der Waals surface area contributed by atoms with Gasteiger partial charge in [0.05, 0.1) is 6.73 Å². The summed E-state index contributed by atoms with van der Waals surface area (Å²) in [6.07, 6.45) is 1.02. The van der Waals surface area contributed by atoms with E-state index < -0.39 is 25.0 Å². The summed E-state index contributed by atoms with van der Waals surface area (Å²) in [5.41, 5.74) is 0. The molecular formula is C14H37NO3Si3. The zero-order valence-electron chi connectivity index (χ0n) is 15.7. The van der Waals surface area contributed by atoms with E-state index >= 15 is 0 Å². The Balaban J connectivity index is 4.25. The molecule has 0 bridgehead atoms. The van der Waals surface area contributed by atoms with E-state index in [1.54, 1.807) is 14.2 Å². The van der Waals surface area contributed by atoms with Crippen molar-refractivity contribution in [2.75, 3.05) is 27.6 Å². The van der Waals surface area contributed by atoms with Crippen LogP contribution in [0.15, 0.2) is 0 Å². The van der Waals surface area contributed by atoms with Crippen LogP contribution in [0.2, 0.25) is 51.4 Å². The first-order valence-electron chi connectivity index (χ1n) is 7.98. The van der Waals surface area contributed by atoms with Crippen LogP contribution in [0.5, 0.6) is 0 Å². The zero-order chi connectivity index (χ0) is 16.7. The number of ether oxygens (including phenoxy) is 1. The van der Waals surface area contributed by atoms with Gasteiger partial charge in [-0.25, -0.2) is 0 Å². The lowest BCUT2D eigenvalue weighted by atomic mass is 10.5. The van der Waals surface area contributed by atoms with Gasteiger partial charge < -0.3 is 17.8 Å². The Morgan fingerprint density at radius 2 is 1.33 bits per heavy atom. The SMILES string of the molecule is CC[Si](CCCOCN([Si](C)(C)C)[Si](C)(C)C)(OC)OC. The average molecular weight is 352 g/mol. The number of nitrogens with zero attached hydrogens (tertiary/aromatic N) is 1. The third-order valence-electron chi connectivity index (χ3n) is 3.97. The highest BCUT2D eigenvalue weighted by molar-refractivity contribution is 6.89. The van der Waals surface area contributed by atoms with E-state index in [1.165, 1.54) is 0 Å². The van der Waals surface area contributed by atoms with Gasteiger partial charge in [0.2, 0.25) is 0 Å². The number of rotatable bonds is 11. The lowest BCUT2D eigenvalue weighted by Crippen LogP contribution is -2.59. The molecule has 128 valence electrons. The van der Waals surface area contributed by atoms with Crippen LogP contribution in [-0.2, 0) is 13.6 Å². The maximum Gasteiger partial charge on any atom is 0.337 e. The molecule has 0 atom stereocenters. The fourth-order valence-corrected chi connectivity index (χ4v) is 13.9. The Morgan fingerprint density at radius 3 is 1.67 bits per heavy atom. The van der Waals surface area contributed by atoms with E-state index in [-0.39, 0.29) is 0 Å². The second kappa shape index (κ2) is 8.95. The summed E-state index contributed by atoms with van der Waals surface area (Å²) in [4.78, 5) is 0. The van der Waals surface area contributed by atoms with Crippen molar-refractivity contribution in [3.63, 3.8) is 0 Å². The van der Waals surface area contributed by atoms with E-state index in [0.29, 0.717) is 0 Å². The largest absolute Gasteiger partial charge is 0.398 e. The van der Waals surface area contributed by atoms with Crippen LogP contribution in [-0.4, -0.2) is 56.8 Å². The molecule has 0 saturated carbocycles. The van der Waals surface area contributed by atoms with Crippen molar-refractivity contribution < 1.29 is 13.6 Å². The summed E-state index contributed by atoms with van der Waals surface area (Å²) in [6, 6.07) is 2.01. The molecule has 0 aromatic heterocycles. The van der Waals surface area contributed by atoms with Crippen LogP contribution in [0.3, 0.4) is 0 Å². The smallest absolute Gasteiger partial charge is 0.337 e. The minimum atomic E-state index is -1.94. The van der Waals surface area contributed by atoms with Gasteiger partial charge in [0.25, 0.3) is 0 Å². The highest BCUT2D eigenvalue weighted by Gasteiger charge is 2.35. The molecule has 0 aliphatic rings. The number of hydrogen-bond acceptors (Lipinski definition) is 4. The molecule has 0 heterocycles. The van der Waals surface area contributed by atoms with E-state index in [4.69, 9.17) is 13.6 Å². The fraction of sp³-hybridized carbons (Fsp3) is 1.00. The van der Waals surface area contributed by atoms with E-state index in [1.807, 2.05) is 0 Å². The Hall–Kier alpha value is 0.491. The van der Waals surface area contributed by atoms with Crippen LogP contribution in [0.4, 0.5) is 0 Å². The minimum absolute atomic E-state index is 0.784. The van der Waals surface area contributed by atoms with Crippen LogP contribution in [0, 0.1) is 0 Å². The fourth-order valence-electron chi connectivity index (χ4n) is 2.75. The summed E-state index contributed by atoms with van der Waals surface area (Å²) < 4.78 is 19.9. The molecule has 4 nitrogen and oxygen atoms in total. The molecule has 0 fully saturated rings. The monoisotopic (exact) mass is 351 g/mol. The molecule has 0 spiro atoms. The first-order chi connectivity index (χ1) is 9.52. The summed E-state index contributed by atoms with van der Waals surface area (Å²) in [5, 5.41) is 0. The minimum Gasteiger partial charge on any atom is -0.398 e. The van der Waals surface area contributed by atoms with E-state index in [0.717, 1.165) is 31.8 Å². The van der Waals surface area contributed by atoms with Crippen molar-refractivity contribution >= 4 is 25.0 Å². The van der Waals surface area contributed by atoms with Crippen LogP contribution < -0.4 is 0 Å². The van der Waals surface area contributed by atoms with Gasteiger partial charge in [0.15, 0.2) is 0 Å². The first-order valence-corrected chi connectivity index (χ1v) is 17.1. The van der Waals surface area contributed by atoms with Gasteiger partial charge in [-0.1, -0.05) is 46.2 Å². The standard InChI is InChI=1S/C14H37NO3Si3/c1-10-21(16-2,17-3)13-11-12-18-14-15(19(4,5)6)20(7,8)9/h10-14H2,1-9H3. The summed E-state index contributed by atoms with van der Waals surface area (Å²) >= 11 is 0. The van der Waals surface area contributed by atoms with Crippen molar-refractivity contribution in [2.24, 2.45) is 0 Å². The first kappa shape index (κ1) is 21.5. The maximum atomic E-state index is 5.98. The third kappa shape index (κ3) is 7.54. The predicted molar refractivity (Wildman–Crippen MR) is 99.0 cm³/mol. The average Bonchev–Trinajstić information content (AvgIpc) is 2.36. The van der Waals surface area contributed by atoms with Gasteiger partial charge in [-0.05, 0) is 18.5 Å². The van der Waals surface area contributed by atoms with E-state index in [2.05, 4.69) is 50.4 Å². The second-order valence-electron chi connectivity index (χ2n) is 7.58. The normalized spacial score (nSPS) is 14.0. The Morgan fingerprint density at radius 1 is 0.857 bits per heavy atom. The summed E-state index contributed by atoms with van der Waals surface area (Å²) in [7, 11) is -1.01. The lowest BCUT2D eigenvalue weighted by molar-refractivity contribution is 0.0919. The van der Waals surface area contributed by atoms with Crippen molar-refractivity contribution in [3.8, 4) is 0 Å². The lowest BCUT2D eigenvalue weighted by Gasteiger charge is -2.43. The van der Waals surface area contributed by atoms with Crippen molar-refractivity contribution in [3.05, 3.63) is 0 Å². The maximum absolute atomic E-state index is 5.98. The van der Waals surface area contributed by atoms with Crippen molar-refractivity contribution in [2.45, 2.75) is 64.7 Å². The molecule has 0 aliphatic heterocycles. The van der Waals surface area contributed by atoms with Gasteiger partial charge in [0.1, 0.15) is 16.5 Å². The molecule has 21 heavy (non-hydrogen) atoms. The molecule has 0 aliphatic carbocycles. The van der Waals surface area contributed by atoms with Crippen LogP contribution in [0.1, 0.15) is 13.3 Å². The van der Waals surface area contributed by atoms with Gasteiger partial charge in [-0.2, -0.15) is 0 Å². The molecular weight excluding hydrogens is 314 g/mol. The highest BCUT2D eigenvalue weighted by atomic mass is 28.4. The predicted octanol–water partition coefficient (Wildman–Crippen LogP) is 4.08. The van der Waals surface area contributed by atoms with E-state index in [9.17, 15) is 0 Å². The quantitative estimate of drug-likeness (QED) is 0.319. The second-order valence-corrected chi connectivity index (χ2v) is 21.6. The molecule has 0 aromatic carbocycles. The van der Waals surface area contributed by atoms with Crippen LogP contribution in [0.25, 0.3) is 0 Å². The third-order valence-corrected chi connectivity index (χ3v) is 15.2. The van der Waals surface area contributed by atoms with Gasteiger partial charge in [-0.3, -0.25) is 0 Å². The van der Waals surface area contributed by atoms with Crippen molar-refractivity contribution in [1.29, 1.82) is 0 Å². The van der Waals surface area contributed by atoms with Gasteiger partial charge in [0, 0.05) is 20.8 Å². The molecule has 0 N–H and O–H groups in total. The van der Waals surface area contributed by atoms with Gasteiger partial charge >= 0.3 is 8.56 Å². The Kier molecular flexibility index (Phi) is 9.16. The molecule has 0 amide bonds. The van der Waals surface area contributed by atoms with Crippen molar-refractivity contribution in [1.82, 2.24) is 4.23 Å². The molecule has 0 aromatic rings. The molecule has 0 saturated heterocycles. The summed E-state index contributed by atoms with van der Waals surface area (Å²) in [6.45, 7) is 18.1. The number of hydrogen-bond donors (Lipinski definition) is 0.